The van der Waals surface area contributed by atoms with E-state index in [9.17, 15) is 9.59 Å². The van der Waals surface area contributed by atoms with Gasteiger partial charge in [-0.1, -0.05) is 24.8 Å². The third-order valence-electron chi connectivity index (χ3n) is 8.36. The summed E-state index contributed by atoms with van der Waals surface area (Å²) in [5.74, 6) is 6.56. The lowest BCUT2D eigenvalue weighted by Crippen LogP contribution is -2.50. The number of piperidine rings is 1. The lowest BCUT2D eigenvalue weighted by atomic mass is 10.0. The Morgan fingerprint density at radius 2 is 1.93 bits per heavy atom. The third kappa shape index (κ3) is 5.09. The molecule has 4 heterocycles. The number of benzene rings is 2. The maximum absolute atomic E-state index is 13.8. The number of hydrazine groups is 1. The summed E-state index contributed by atoms with van der Waals surface area (Å²) in [6.45, 7) is 6.00. The molecule has 1 aliphatic carbocycles. The molecule has 3 N–H and O–H groups in total. The number of nitrogens with two attached hydrogens (primary N) is 1. The monoisotopic (exact) mass is 575 g/mol. The van der Waals surface area contributed by atoms with Gasteiger partial charge in [0, 0.05) is 49.0 Å². The van der Waals surface area contributed by atoms with Gasteiger partial charge in [0.15, 0.2) is 5.82 Å². The predicted molar refractivity (Wildman–Crippen MR) is 165 cm³/mol. The number of fused-ring (bicyclic) bond motifs is 2. The van der Waals surface area contributed by atoms with Crippen LogP contribution in [0.5, 0.6) is 5.75 Å². The zero-order chi connectivity index (χ0) is 29.5. The summed E-state index contributed by atoms with van der Waals surface area (Å²) in [6, 6.07) is 18.3. The van der Waals surface area contributed by atoms with Crippen LogP contribution >= 0.6 is 0 Å². The van der Waals surface area contributed by atoms with E-state index < -0.39 is 5.97 Å². The molecule has 0 radical (unpaired) electrons. The standard InChI is InChI=1S/C33H33N7O3/c1-2-39-29-26(33(42)43-25-10-4-3-5-11-25)16-23(32(41)38-15-7-9-24(20-38)37-34)17-27(29)36-31(39)28-18-22-8-6-14-35-30(22)40(28)19-21-12-13-21/h2-6,8,10-11,14,16-18,21,24,37H,1,7,9,12-13,15,19-20,34H2/t24-/m1/s1. The number of aromatic nitrogens is 4. The van der Waals surface area contributed by atoms with Crippen LogP contribution in [0.1, 0.15) is 46.4 Å². The zero-order valence-electron chi connectivity index (χ0n) is 23.8. The Morgan fingerprint density at radius 1 is 1.09 bits per heavy atom. The van der Waals surface area contributed by atoms with Gasteiger partial charge in [0.25, 0.3) is 5.91 Å². The van der Waals surface area contributed by atoms with E-state index in [4.69, 9.17) is 15.6 Å². The molecule has 5 aromatic rings. The molecule has 2 aromatic carbocycles. The number of carbonyl (C=O) groups excluding carboxylic acids is 2. The first-order valence-corrected chi connectivity index (χ1v) is 14.7. The minimum Gasteiger partial charge on any atom is -0.423 e. The first kappa shape index (κ1) is 27.1. The Balaban J connectivity index is 1.40. The molecule has 1 saturated heterocycles. The number of carbonyl (C=O) groups is 2. The quantitative estimate of drug-likeness (QED) is 0.117. The number of hydrogen-bond donors (Lipinski definition) is 2. The minimum atomic E-state index is -0.583. The number of pyridine rings is 1. The summed E-state index contributed by atoms with van der Waals surface area (Å²) in [6.07, 6.45) is 7.54. The molecule has 0 spiro atoms. The van der Waals surface area contributed by atoms with E-state index in [2.05, 4.69) is 27.6 Å². The largest absolute Gasteiger partial charge is 0.423 e. The van der Waals surface area contributed by atoms with E-state index in [1.165, 1.54) is 12.8 Å². The van der Waals surface area contributed by atoms with Gasteiger partial charge in [-0.2, -0.15) is 0 Å². The number of rotatable bonds is 8. The van der Waals surface area contributed by atoms with Crippen molar-refractivity contribution in [2.45, 2.75) is 38.3 Å². The fourth-order valence-corrected chi connectivity index (χ4v) is 6.02. The highest BCUT2D eigenvalue weighted by molar-refractivity contribution is 6.09. The van der Waals surface area contributed by atoms with Crippen LogP contribution in [0, 0.1) is 5.92 Å². The molecular formula is C33H33N7O3. The third-order valence-corrected chi connectivity index (χ3v) is 8.36. The van der Waals surface area contributed by atoms with Gasteiger partial charge in [0.1, 0.15) is 11.4 Å². The Hall–Kier alpha value is -4.80. The molecule has 0 unspecified atom stereocenters. The molecule has 1 amide bonds. The van der Waals surface area contributed by atoms with Gasteiger partial charge >= 0.3 is 5.97 Å². The van der Waals surface area contributed by atoms with E-state index in [-0.39, 0.29) is 17.5 Å². The van der Waals surface area contributed by atoms with Crippen molar-refractivity contribution in [3.05, 3.63) is 84.6 Å². The molecule has 1 saturated carbocycles. The zero-order valence-corrected chi connectivity index (χ0v) is 23.8. The molecule has 2 fully saturated rings. The topological polar surface area (TPSA) is 120 Å². The second-order valence-electron chi connectivity index (χ2n) is 11.3. The first-order valence-electron chi connectivity index (χ1n) is 14.7. The second-order valence-corrected chi connectivity index (χ2v) is 11.3. The summed E-state index contributed by atoms with van der Waals surface area (Å²) in [4.78, 5) is 39.1. The molecule has 7 rings (SSSR count). The van der Waals surface area contributed by atoms with Crippen molar-refractivity contribution in [3.63, 3.8) is 0 Å². The van der Waals surface area contributed by atoms with Crippen LogP contribution in [-0.2, 0) is 6.54 Å². The summed E-state index contributed by atoms with van der Waals surface area (Å²) in [5, 5.41) is 1.01. The van der Waals surface area contributed by atoms with Crippen molar-refractivity contribution < 1.29 is 14.3 Å². The van der Waals surface area contributed by atoms with E-state index in [0.717, 1.165) is 36.1 Å². The minimum absolute atomic E-state index is 0.0116. The molecule has 2 aliphatic rings. The first-order chi connectivity index (χ1) is 21.0. The summed E-state index contributed by atoms with van der Waals surface area (Å²) in [5.41, 5.74) is 6.19. The molecular weight excluding hydrogens is 542 g/mol. The van der Waals surface area contributed by atoms with Gasteiger partial charge in [-0.25, -0.2) is 14.8 Å². The van der Waals surface area contributed by atoms with Crippen molar-refractivity contribution >= 4 is 40.1 Å². The molecule has 1 atom stereocenters. The fourth-order valence-electron chi connectivity index (χ4n) is 6.02. The van der Waals surface area contributed by atoms with E-state index in [1.807, 2.05) is 22.8 Å². The van der Waals surface area contributed by atoms with E-state index in [1.54, 1.807) is 53.7 Å². The predicted octanol–water partition coefficient (Wildman–Crippen LogP) is 4.85. The SMILES string of the molecule is C=Cn1c(-c2cc3cccnc3n2CC2CC2)nc2cc(C(=O)N3CCC[C@@H](NN)C3)cc(C(=O)Oc3ccccc3)c21. The van der Waals surface area contributed by atoms with Crippen molar-refractivity contribution in [1.29, 1.82) is 0 Å². The number of esters is 1. The Labute approximate surface area is 248 Å². The highest BCUT2D eigenvalue weighted by atomic mass is 16.5. The van der Waals surface area contributed by atoms with Crippen molar-refractivity contribution in [2.75, 3.05) is 13.1 Å². The average Bonchev–Trinajstić information content (AvgIpc) is 3.69. The number of likely N-dealkylation sites (tertiary alicyclic amines) is 1. The highest BCUT2D eigenvalue weighted by Gasteiger charge is 2.30. The maximum Gasteiger partial charge on any atom is 0.345 e. The van der Waals surface area contributed by atoms with Gasteiger partial charge in [0.05, 0.1) is 22.3 Å². The van der Waals surface area contributed by atoms with Crippen LogP contribution in [-0.4, -0.2) is 55.0 Å². The number of nitrogens with one attached hydrogen (secondary N) is 1. The molecule has 0 bridgehead atoms. The second kappa shape index (κ2) is 11.1. The van der Waals surface area contributed by atoms with Crippen LogP contribution < -0.4 is 16.0 Å². The fraction of sp³-hybridized carbons (Fsp3) is 0.273. The van der Waals surface area contributed by atoms with Crippen LogP contribution in [0.15, 0.2) is 73.4 Å². The number of ether oxygens (including phenoxy) is 1. The lowest BCUT2D eigenvalue weighted by Gasteiger charge is -2.32. The summed E-state index contributed by atoms with van der Waals surface area (Å²) in [7, 11) is 0. The molecule has 3 aromatic heterocycles. The molecule has 43 heavy (non-hydrogen) atoms. The van der Waals surface area contributed by atoms with E-state index in [0.29, 0.717) is 47.2 Å². The number of amides is 1. The Bertz CT molecular complexity index is 1860. The highest BCUT2D eigenvalue weighted by Crippen LogP contribution is 2.37. The van der Waals surface area contributed by atoms with Gasteiger partial charge in [0.2, 0.25) is 0 Å². The molecule has 218 valence electrons. The van der Waals surface area contributed by atoms with Crippen molar-refractivity contribution in [1.82, 2.24) is 29.4 Å². The van der Waals surface area contributed by atoms with Crippen LogP contribution in [0.4, 0.5) is 0 Å². The Kier molecular flexibility index (Phi) is 7.00. The molecule has 10 heteroatoms. The molecule has 1 aliphatic heterocycles. The lowest BCUT2D eigenvalue weighted by molar-refractivity contribution is 0.0695. The maximum atomic E-state index is 13.8. The average molecular weight is 576 g/mol. The number of nitrogens with zero attached hydrogens (tertiary/aromatic N) is 5. The summed E-state index contributed by atoms with van der Waals surface area (Å²) >= 11 is 0. The number of imidazole rings is 1. The summed E-state index contributed by atoms with van der Waals surface area (Å²) < 4.78 is 9.81. The van der Waals surface area contributed by atoms with Crippen LogP contribution in [0.3, 0.4) is 0 Å². The van der Waals surface area contributed by atoms with Gasteiger partial charge in [-0.3, -0.25) is 20.6 Å². The van der Waals surface area contributed by atoms with Gasteiger partial charge in [-0.05, 0) is 74.1 Å². The normalized spacial score (nSPS) is 17.0. The van der Waals surface area contributed by atoms with Crippen molar-refractivity contribution in [3.8, 4) is 17.3 Å². The Morgan fingerprint density at radius 3 is 2.70 bits per heavy atom. The van der Waals surface area contributed by atoms with E-state index >= 15 is 0 Å². The van der Waals surface area contributed by atoms with Crippen molar-refractivity contribution in [2.24, 2.45) is 11.8 Å². The molecule has 10 nitrogen and oxygen atoms in total. The van der Waals surface area contributed by atoms with Gasteiger partial charge in [-0.15, -0.1) is 0 Å². The number of hydrogen-bond acceptors (Lipinski definition) is 7. The number of para-hydroxylation sites is 1. The van der Waals surface area contributed by atoms with Crippen LogP contribution in [0.25, 0.3) is 39.8 Å². The van der Waals surface area contributed by atoms with Gasteiger partial charge < -0.3 is 14.2 Å². The van der Waals surface area contributed by atoms with Crippen LogP contribution in [0.2, 0.25) is 0 Å². The smallest absolute Gasteiger partial charge is 0.345 e.